The number of ether oxygens (including phenoxy) is 2. The van der Waals surface area contributed by atoms with E-state index < -0.39 is 5.60 Å². The highest BCUT2D eigenvalue weighted by Gasteiger charge is 2.21. The first-order chi connectivity index (χ1) is 10.3. The Morgan fingerprint density at radius 2 is 2.09 bits per heavy atom. The van der Waals surface area contributed by atoms with E-state index in [2.05, 4.69) is 27.9 Å². The summed E-state index contributed by atoms with van der Waals surface area (Å²) in [5.41, 5.74) is -0.499. The van der Waals surface area contributed by atoms with E-state index in [1.807, 2.05) is 32.9 Å². The van der Waals surface area contributed by atoms with E-state index in [1.165, 1.54) is 0 Å². The fourth-order valence-corrected chi connectivity index (χ4v) is 2.16. The molecule has 1 heterocycles. The van der Waals surface area contributed by atoms with Crippen molar-refractivity contribution in [2.75, 3.05) is 33.4 Å². The van der Waals surface area contributed by atoms with Gasteiger partial charge in [0.25, 0.3) is 0 Å². The molecule has 0 saturated heterocycles. The summed E-state index contributed by atoms with van der Waals surface area (Å²) >= 11 is 2.13. The quantitative estimate of drug-likeness (QED) is 0.514. The molecule has 7 heteroatoms. The zero-order valence-corrected chi connectivity index (χ0v) is 15.8. The van der Waals surface area contributed by atoms with Crippen LogP contribution < -0.4 is 5.32 Å². The smallest absolute Gasteiger partial charge is 0.410 e. The van der Waals surface area contributed by atoms with E-state index in [4.69, 9.17) is 13.9 Å². The van der Waals surface area contributed by atoms with Gasteiger partial charge >= 0.3 is 6.09 Å². The molecule has 0 unspecified atom stereocenters. The predicted molar refractivity (Wildman–Crippen MR) is 92.8 cm³/mol. The lowest BCUT2D eigenvalue weighted by Gasteiger charge is -2.27. The molecule has 0 aliphatic heterocycles. The number of halogens is 1. The van der Waals surface area contributed by atoms with Gasteiger partial charge in [-0.2, -0.15) is 0 Å². The van der Waals surface area contributed by atoms with Crippen LogP contribution in [0, 0.1) is 3.77 Å². The second-order valence-corrected chi connectivity index (χ2v) is 6.91. The molecule has 1 aromatic heterocycles. The van der Waals surface area contributed by atoms with Crippen molar-refractivity contribution in [3.63, 3.8) is 0 Å². The molecule has 1 rings (SSSR count). The number of furan rings is 1. The van der Waals surface area contributed by atoms with Gasteiger partial charge in [-0.25, -0.2) is 4.79 Å². The molecule has 0 bridgehead atoms. The minimum absolute atomic E-state index is 0.320. The van der Waals surface area contributed by atoms with Gasteiger partial charge in [0.2, 0.25) is 0 Å². The molecule has 1 N–H and O–H groups in total. The highest BCUT2D eigenvalue weighted by molar-refractivity contribution is 14.1. The lowest BCUT2D eigenvalue weighted by atomic mass is 10.2. The van der Waals surface area contributed by atoms with Crippen molar-refractivity contribution < 1.29 is 18.7 Å². The van der Waals surface area contributed by atoms with Crippen molar-refractivity contribution in [1.29, 1.82) is 0 Å². The Labute approximate surface area is 145 Å². The van der Waals surface area contributed by atoms with Crippen LogP contribution in [0.25, 0.3) is 0 Å². The van der Waals surface area contributed by atoms with Crippen molar-refractivity contribution in [2.45, 2.75) is 32.9 Å². The zero-order valence-electron chi connectivity index (χ0n) is 13.6. The first-order valence-electron chi connectivity index (χ1n) is 7.23. The van der Waals surface area contributed by atoms with E-state index >= 15 is 0 Å². The van der Waals surface area contributed by atoms with Gasteiger partial charge in [0, 0.05) is 26.7 Å². The van der Waals surface area contributed by atoms with Crippen molar-refractivity contribution >= 4 is 28.7 Å². The molecule has 1 amide bonds. The maximum Gasteiger partial charge on any atom is 0.410 e. The molecule has 1 aromatic rings. The molecule has 0 fully saturated rings. The number of hydrogen-bond donors (Lipinski definition) is 1. The van der Waals surface area contributed by atoms with Gasteiger partial charge in [0.05, 0.1) is 13.2 Å². The number of hydrogen-bond acceptors (Lipinski definition) is 5. The van der Waals surface area contributed by atoms with Crippen LogP contribution in [0.3, 0.4) is 0 Å². The average molecular weight is 424 g/mol. The van der Waals surface area contributed by atoms with Gasteiger partial charge in [-0.1, -0.05) is 0 Å². The van der Waals surface area contributed by atoms with Crippen molar-refractivity contribution in [2.24, 2.45) is 0 Å². The molecule has 0 aliphatic carbocycles. The lowest BCUT2D eigenvalue weighted by Crippen LogP contribution is -2.42. The molecular weight excluding hydrogens is 399 g/mol. The summed E-state index contributed by atoms with van der Waals surface area (Å²) in [6.07, 6.45) is -0.320. The molecule has 0 atom stereocenters. The van der Waals surface area contributed by atoms with Gasteiger partial charge in [-0.05, 0) is 55.5 Å². The van der Waals surface area contributed by atoms with Gasteiger partial charge in [0.1, 0.15) is 11.4 Å². The van der Waals surface area contributed by atoms with Crippen LogP contribution in [0.5, 0.6) is 0 Å². The van der Waals surface area contributed by atoms with Crippen molar-refractivity contribution in [3.05, 3.63) is 21.7 Å². The van der Waals surface area contributed by atoms with Crippen LogP contribution in [0.15, 0.2) is 16.5 Å². The highest BCUT2D eigenvalue weighted by atomic mass is 127. The Bertz CT molecular complexity index is 457. The largest absolute Gasteiger partial charge is 0.454 e. The lowest BCUT2D eigenvalue weighted by molar-refractivity contribution is 0.0204. The van der Waals surface area contributed by atoms with Crippen LogP contribution in [0.4, 0.5) is 4.79 Å². The van der Waals surface area contributed by atoms with Crippen LogP contribution in [0.1, 0.15) is 26.5 Å². The van der Waals surface area contributed by atoms with Crippen molar-refractivity contribution in [1.82, 2.24) is 10.2 Å². The topological polar surface area (TPSA) is 63.9 Å². The Balaban J connectivity index is 2.38. The van der Waals surface area contributed by atoms with E-state index in [1.54, 1.807) is 12.0 Å². The fourth-order valence-electron chi connectivity index (χ4n) is 1.69. The molecule has 0 saturated carbocycles. The Morgan fingerprint density at radius 1 is 1.36 bits per heavy atom. The number of methoxy groups -OCH3 is 1. The number of nitrogens with zero attached hydrogens (tertiary/aromatic N) is 1. The maximum absolute atomic E-state index is 12.1. The first kappa shape index (κ1) is 19.2. The zero-order chi connectivity index (χ0) is 16.6. The third-order valence-electron chi connectivity index (χ3n) is 2.70. The molecule has 126 valence electrons. The second kappa shape index (κ2) is 9.36. The SMILES string of the molecule is COCCN(CCNCc1ccc(I)o1)C(=O)OC(C)(C)C. The predicted octanol–water partition coefficient (Wildman–Crippen LogP) is 2.86. The monoisotopic (exact) mass is 424 g/mol. The first-order valence-corrected chi connectivity index (χ1v) is 8.31. The van der Waals surface area contributed by atoms with Gasteiger partial charge in [0.15, 0.2) is 3.77 Å². The van der Waals surface area contributed by atoms with Crippen LogP contribution in [-0.2, 0) is 16.0 Å². The minimum Gasteiger partial charge on any atom is -0.454 e. The van der Waals surface area contributed by atoms with Crippen LogP contribution in [-0.4, -0.2) is 49.9 Å². The van der Waals surface area contributed by atoms with Crippen LogP contribution in [0.2, 0.25) is 0 Å². The van der Waals surface area contributed by atoms with E-state index in [0.29, 0.717) is 32.8 Å². The number of carbonyl (C=O) groups excluding carboxylic acids is 1. The van der Waals surface area contributed by atoms with E-state index in [-0.39, 0.29) is 6.09 Å². The minimum atomic E-state index is -0.499. The maximum atomic E-state index is 12.1. The number of carbonyl (C=O) groups is 1. The van der Waals surface area contributed by atoms with Gasteiger partial charge in [-0.3, -0.25) is 0 Å². The highest BCUT2D eigenvalue weighted by Crippen LogP contribution is 2.10. The summed E-state index contributed by atoms with van der Waals surface area (Å²) in [5.74, 6) is 0.880. The summed E-state index contributed by atoms with van der Waals surface area (Å²) < 4.78 is 16.8. The number of nitrogens with one attached hydrogen (secondary N) is 1. The molecular formula is C15H25IN2O4. The van der Waals surface area contributed by atoms with E-state index in [0.717, 1.165) is 9.53 Å². The van der Waals surface area contributed by atoms with Crippen molar-refractivity contribution in [3.8, 4) is 0 Å². The third kappa shape index (κ3) is 8.00. The summed E-state index contributed by atoms with van der Waals surface area (Å²) in [5, 5.41) is 3.25. The summed E-state index contributed by atoms with van der Waals surface area (Å²) in [4.78, 5) is 13.8. The average Bonchev–Trinajstić information content (AvgIpc) is 2.81. The molecule has 0 aromatic carbocycles. The van der Waals surface area contributed by atoms with E-state index in [9.17, 15) is 4.79 Å². The molecule has 0 spiro atoms. The standard InChI is InChI=1S/C15H25IN2O4/c1-15(2,3)22-14(19)18(9-10-20-4)8-7-17-11-12-5-6-13(16)21-12/h5-6,17H,7-11H2,1-4H3. The summed E-state index contributed by atoms with van der Waals surface area (Å²) in [7, 11) is 1.62. The normalized spacial score (nSPS) is 11.5. The molecule has 0 radical (unpaired) electrons. The molecule has 0 aliphatic rings. The Morgan fingerprint density at radius 3 is 2.64 bits per heavy atom. The Kier molecular flexibility index (Phi) is 8.19. The fraction of sp³-hybridized carbons (Fsp3) is 0.667. The Hall–Kier alpha value is -0.800. The van der Waals surface area contributed by atoms with Gasteiger partial charge in [-0.15, -0.1) is 0 Å². The third-order valence-corrected chi connectivity index (χ3v) is 3.28. The number of amides is 1. The van der Waals surface area contributed by atoms with Crippen LogP contribution >= 0.6 is 22.6 Å². The summed E-state index contributed by atoms with van der Waals surface area (Å²) in [6, 6.07) is 3.86. The number of rotatable bonds is 8. The van der Waals surface area contributed by atoms with Gasteiger partial charge < -0.3 is 24.1 Å². The second-order valence-electron chi connectivity index (χ2n) is 5.84. The molecule has 22 heavy (non-hydrogen) atoms. The molecule has 6 nitrogen and oxygen atoms in total. The summed E-state index contributed by atoms with van der Waals surface area (Å²) in [6.45, 7) is 8.40.